The van der Waals surface area contributed by atoms with Gasteiger partial charge in [0.05, 0.1) is 13.2 Å². The van der Waals surface area contributed by atoms with E-state index in [0.29, 0.717) is 0 Å². The van der Waals surface area contributed by atoms with Crippen LogP contribution in [0.4, 0.5) is 5.69 Å². The third-order valence-corrected chi connectivity index (χ3v) is 3.29. The maximum absolute atomic E-state index is 5.44. The molecule has 0 heterocycles. The fourth-order valence-corrected chi connectivity index (χ4v) is 2.25. The van der Waals surface area contributed by atoms with Gasteiger partial charge in [-0.25, -0.2) is 0 Å². The number of benzene rings is 2. The van der Waals surface area contributed by atoms with Crippen molar-refractivity contribution in [2.45, 2.75) is 19.4 Å². The van der Waals surface area contributed by atoms with Crippen molar-refractivity contribution in [1.82, 2.24) is 0 Å². The van der Waals surface area contributed by atoms with Gasteiger partial charge in [-0.2, -0.15) is 0 Å². The number of rotatable bonds is 5. The van der Waals surface area contributed by atoms with Crippen molar-refractivity contribution in [1.29, 1.82) is 0 Å². The first-order valence-electron chi connectivity index (χ1n) is 6.74. The molecule has 0 aromatic heterocycles. The highest BCUT2D eigenvalue weighted by molar-refractivity contribution is 5.52. The van der Waals surface area contributed by atoms with Gasteiger partial charge < -0.3 is 10.1 Å². The maximum atomic E-state index is 5.44. The summed E-state index contributed by atoms with van der Waals surface area (Å²) >= 11 is 0. The number of anilines is 1. The molecule has 102 valence electrons. The van der Waals surface area contributed by atoms with Gasteiger partial charge in [0.15, 0.2) is 0 Å². The van der Waals surface area contributed by atoms with Crippen LogP contribution in [0.2, 0.25) is 0 Å². The van der Waals surface area contributed by atoms with Gasteiger partial charge >= 0.3 is 0 Å². The largest absolute Gasteiger partial charge is 0.496 e. The highest BCUT2D eigenvalue weighted by Crippen LogP contribution is 2.30. The molecule has 2 heteroatoms. The van der Waals surface area contributed by atoms with E-state index in [1.165, 1.54) is 0 Å². The van der Waals surface area contributed by atoms with Crippen molar-refractivity contribution < 1.29 is 4.74 Å². The van der Waals surface area contributed by atoms with Crippen LogP contribution in [0, 0.1) is 12.3 Å². The molecular weight excluding hydrogens is 246 g/mol. The summed E-state index contributed by atoms with van der Waals surface area (Å²) in [5.74, 6) is 3.56. The van der Waals surface area contributed by atoms with Crippen LogP contribution in [0.15, 0.2) is 48.5 Å². The molecule has 2 rings (SSSR count). The minimum atomic E-state index is 0.194. The molecule has 2 aromatic carbocycles. The SMILES string of the molecule is C#Cc1cccc(NC(CC)c2ccccc2OC)c1. The van der Waals surface area contributed by atoms with E-state index in [4.69, 9.17) is 11.2 Å². The molecular formula is C18H19NO. The minimum absolute atomic E-state index is 0.194. The van der Waals surface area contributed by atoms with Crippen LogP contribution < -0.4 is 10.1 Å². The normalized spacial score (nSPS) is 11.4. The monoisotopic (exact) mass is 265 g/mol. The zero-order valence-corrected chi connectivity index (χ0v) is 11.9. The number of hydrogen-bond acceptors (Lipinski definition) is 2. The molecule has 0 aliphatic rings. The molecule has 0 aliphatic heterocycles. The lowest BCUT2D eigenvalue weighted by Gasteiger charge is -2.21. The van der Waals surface area contributed by atoms with Gasteiger partial charge in [-0.15, -0.1) is 6.42 Å². The van der Waals surface area contributed by atoms with Crippen LogP contribution in [-0.2, 0) is 0 Å². The van der Waals surface area contributed by atoms with Crippen LogP contribution in [0.5, 0.6) is 5.75 Å². The molecule has 0 saturated heterocycles. The molecule has 1 N–H and O–H groups in total. The van der Waals surface area contributed by atoms with Crippen LogP contribution in [-0.4, -0.2) is 7.11 Å². The Hall–Kier alpha value is -2.40. The molecule has 2 aromatic rings. The predicted molar refractivity (Wildman–Crippen MR) is 84.0 cm³/mol. The number of ether oxygens (including phenoxy) is 1. The first-order valence-corrected chi connectivity index (χ1v) is 6.74. The van der Waals surface area contributed by atoms with E-state index in [1.807, 2.05) is 42.5 Å². The zero-order valence-electron chi connectivity index (χ0n) is 11.9. The van der Waals surface area contributed by atoms with Gasteiger partial charge in [-0.3, -0.25) is 0 Å². The molecule has 1 atom stereocenters. The fraction of sp³-hybridized carbons (Fsp3) is 0.222. The quantitative estimate of drug-likeness (QED) is 0.816. The topological polar surface area (TPSA) is 21.3 Å². The Bertz CT molecular complexity index is 613. The van der Waals surface area contributed by atoms with Crippen molar-refractivity contribution in [3.63, 3.8) is 0 Å². The van der Waals surface area contributed by atoms with Crippen LogP contribution >= 0.6 is 0 Å². The Kier molecular flexibility index (Phi) is 4.68. The van der Waals surface area contributed by atoms with Crippen LogP contribution in [0.3, 0.4) is 0 Å². The van der Waals surface area contributed by atoms with E-state index in [2.05, 4.69) is 24.2 Å². The smallest absolute Gasteiger partial charge is 0.124 e. The Morgan fingerprint density at radius 1 is 1.20 bits per heavy atom. The van der Waals surface area contributed by atoms with Crippen molar-refractivity contribution in [3.8, 4) is 18.1 Å². The molecule has 0 amide bonds. The second kappa shape index (κ2) is 6.68. The fourth-order valence-electron chi connectivity index (χ4n) is 2.25. The summed E-state index contributed by atoms with van der Waals surface area (Å²) in [6, 6.07) is 16.2. The van der Waals surface area contributed by atoms with Gasteiger partial charge in [0.1, 0.15) is 5.75 Å². The lowest BCUT2D eigenvalue weighted by atomic mass is 10.0. The van der Waals surface area contributed by atoms with E-state index < -0.39 is 0 Å². The van der Waals surface area contributed by atoms with E-state index in [0.717, 1.165) is 29.0 Å². The van der Waals surface area contributed by atoms with Crippen molar-refractivity contribution in [2.24, 2.45) is 0 Å². The molecule has 0 bridgehead atoms. The Morgan fingerprint density at radius 2 is 2.00 bits per heavy atom. The zero-order chi connectivity index (χ0) is 14.4. The number of hydrogen-bond donors (Lipinski definition) is 1. The first-order chi connectivity index (χ1) is 9.78. The van der Waals surface area contributed by atoms with Crippen LogP contribution in [0.1, 0.15) is 30.5 Å². The highest BCUT2D eigenvalue weighted by atomic mass is 16.5. The molecule has 0 saturated carbocycles. The predicted octanol–water partition coefficient (Wildman–Crippen LogP) is 4.24. The molecule has 0 aliphatic carbocycles. The maximum Gasteiger partial charge on any atom is 0.124 e. The number of nitrogens with one attached hydrogen (secondary N) is 1. The number of para-hydroxylation sites is 1. The third kappa shape index (κ3) is 3.13. The number of methoxy groups -OCH3 is 1. The van der Waals surface area contributed by atoms with Gasteiger partial charge in [-0.1, -0.05) is 37.1 Å². The third-order valence-electron chi connectivity index (χ3n) is 3.29. The summed E-state index contributed by atoms with van der Waals surface area (Å²) in [6.07, 6.45) is 6.40. The summed E-state index contributed by atoms with van der Waals surface area (Å²) in [5, 5.41) is 3.52. The molecule has 0 radical (unpaired) electrons. The van der Waals surface area contributed by atoms with Crippen molar-refractivity contribution >= 4 is 5.69 Å². The first kappa shape index (κ1) is 14.0. The van der Waals surface area contributed by atoms with E-state index in [-0.39, 0.29) is 6.04 Å². The summed E-state index contributed by atoms with van der Waals surface area (Å²) in [6.45, 7) is 2.15. The molecule has 0 spiro atoms. The number of terminal acetylenes is 1. The summed E-state index contributed by atoms with van der Waals surface area (Å²) in [4.78, 5) is 0. The lowest BCUT2D eigenvalue weighted by Crippen LogP contribution is -2.11. The van der Waals surface area contributed by atoms with E-state index in [1.54, 1.807) is 7.11 Å². The van der Waals surface area contributed by atoms with Gasteiger partial charge in [0, 0.05) is 16.8 Å². The summed E-state index contributed by atoms with van der Waals surface area (Å²) in [7, 11) is 1.70. The lowest BCUT2D eigenvalue weighted by molar-refractivity contribution is 0.406. The summed E-state index contributed by atoms with van der Waals surface area (Å²) in [5.41, 5.74) is 3.06. The summed E-state index contributed by atoms with van der Waals surface area (Å²) < 4.78 is 5.44. The van der Waals surface area contributed by atoms with Crippen molar-refractivity contribution in [3.05, 3.63) is 59.7 Å². The second-order valence-corrected chi connectivity index (χ2v) is 4.57. The molecule has 2 nitrogen and oxygen atoms in total. The van der Waals surface area contributed by atoms with E-state index >= 15 is 0 Å². The van der Waals surface area contributed by atoms with E-state index in [9.17, 15) is 0 Å². The molecule has 1 unspecified atom stereocenters. The van der Waals surface area contributed by atoms with Crippen LogP contribution in [0.25, 0.3) is 0 Å². The Labute approximate surface area is 120 Å². The molecule has 0 fully saturated rings. The van der Waals surface area contributed by atoms with Gasteiger partial charge in [0.2, 0.25) is 0 Å². The van der Waals surface area contributed by atoms with Crippen molar-refractivity contribution in [2.75, 3.05) is 12.4 Å². The highest BCUT2D eigenvalue weighted by Gasteiger charge is 2.13. The van der Waals surface area contributed by atoms with Gasteiger partial charge in [0.25, 0.3) is 0 Å². The Balaban J connectivity index is 2.26. The minimum Gasteiger partial charge on any atom is -0.496 e. The Morgan fingerprint density at radius 3 is 2.70 bits per heavy atom. The average molecular weight is 265 g/mol. The average Bonchev–Trinajstić information content (AvgIpc) is 2.52. The van der Waals surface area contributed by atoms with Gasteiger partial charge in [-0.05, 0) is 30.7 Å². The second-order valence-electron chi connectivity index (χ2n) is 4.57. The molecule has 20 heavy (non-hydrogen) atoms. The standard InChI is InChI=1S/C18H19NO/c1-4-14-9-8-10-15(13-14)19-17(5-2)16-11-6-7-12-18(16)20-3/h1,6-13,17,19H,5H2,2-3H3.